The van der Waals surface area contributed by atoms with Crippen molar-refractivity contribution in [3.8, 4) is 0 Å². The molecule has 0 bridgehead atoms. The number of quaternary nitrogens is 1. The molecule has 2 unspecified atom stereocenters. The van der Waals surface area contributed by atoms with Crippen molar-refractivity contribution in [3.63, 3.8) is 0 Å². The lowest BCUT2D eigenvalue weighted by molar-refractivity contribution is 0.0684. The van der Waals surface area contributed by atoms with Crippen LogP contribution in [0.4, 0.5) is 10.2 Å². The minimum atomic E-state index is -1.47. The van der Waals surface area contributed by atoms with E-state index in [1.54, 1.807) is 13.0 Å². The zero-order chi connectivity index (χ0) is 16.6. The largest absolute Gasteiger partial charge is 0.621 e. The number of hydrogen-bond donors (Lipinski definition) is 2. The van der Waals surface area contributed by atoms with Crippen LogP contribution >= 0.6 is 0 Å². The number of carboxylic acid groups (broad SMARTS) is 1. The molecule has 3 rings (SSSR count). The SMILES string of the molecule is CC[N+]1([O-])C=CC(N2CCNCC2)c2cc(F)c(C(=O)O)nc21. The topological polar surface area (TPSA) is 88.5 Å². The van der Waals surface area contributed by atoms with E-state index in [2.05, 4.69) is 15.2 Å². The van der Waals surface area contributed by atoms with Gasteiger partial charge in [-0.05, 0) is 19.1 Å². The Hall–Kier alpha value is -1.87. The van der Waals surface area contributed by atoms with Gasteiger partial charge in [-0.3, -0.25) is 9.55 Å². The molecular formula is C15H19FN4O3. The van der Waals surface area contributed by atoms with Crippen molar-refractivity contribution >= 4 is 11.8 Å². The molecule has 1 fully saturated rings. The Morgan fingerprint density at radius 3 is 2.87 bits per heavy atom. The minimum Gasteiger partial charge on any atom is -0.621 e. The number of nitrogens with one attached hydrogen (secondary N) is 1. The Labute approximate surface area is 133 Å². The zero-order valence-corrected chi connectivity index (χ0v) is 12.8. The highest BCUT2D eigenvalue weighted by Crippen LogP contribution is 2.39. The second-order valence-corrected chi connectivity index (χ2v) is 5.72. The van der Waals surface area contributed by atoms with Crippen molar-refractivity contribution in [2.45, 2.75) is 13.0 Å². The summed E-state index contributed by atoms with van der Waals surface area (Å²) >= 11 is 0. The number of pyridine rings is 1. The van der Waals surface area contributed by atoms with E-state index >= 15 is 0 Å². The quantitative estimate of drug-likeness (QED) is 0.642. The number of nitrogens with zero attached hydrogens (tertiary/aromatic N) is 3. The van der Waals surface area contributed by atoms with Gasteiger partial charge in [0.15, 0.2) is 11.5 Å². The third kappa shape index (κ3) is 2.74. The van der Waals surface area contributed by atoms with Crippen LogP contribution in [-0.2, 0) is 0 Å². The van der Waals surface area contributed by atoms with Crippen molar-refractivity contribution < 1.29 is 14.3 Å². The van der Waals surface area contributed by atoms with E-state index in [1.165, 1.54) is 6.20 Å². The molecule has 0 aliphatic carbocycles. The Bertz CT molecular complexity index is 660. The summed E-state index contributed by atoms with van der Waals surface area (Å²) in [7, 11) is 0. The summed E-state index contributed by atoms with van der Waals surface area (Å²) in [5.74, 6) is -2.31. The standard InChI is InChI=1S/C15H19FN4O3/c1-2-20(23)8-3-12(19-6-4-17-5-7-19)10-9-11(16)13(15(21)22)18-14(10)20/h3,8-9,12,17H,2,4-7H2,1H3,(H,21,22). The fourth-order valence-corrected chi connectivity index (χ4v) is 3.09. The fraction of sp³-hybridized carbons (Fsp3) is 0.467. The summed E-state index contributed by atoms with van der Waals surface area (Å²) in [6, 6.07) is 0.895. The molecule has 7 nitrogen and oxygen atoms in total. The summed E-state index contributed by atoms with van der Waals surface area (Å²) in [5, 5.41) is 25.2. The summed E-state index contributed by atoms with van der Waals surface area (Å²) < 4.78 is 13.2. The lowest BCUT2D eigenvalue weighted by Gasteiger charge is -2.43. The molecule has 124 valence electrons. The van der Waals surface area contributed by atoms with E-state index in [0.717, 1.165) is 32.2 Å². The average Bonchev–Trinajstić information content (AvgIpc) is 2.55. The maximum Gasteiger partial charge on any atom is 0.357 e. The van der Waals surface area contributed by atoms with Crippen molar-refractivity contribution in [1.82, 2.24) is 19.8 Å². The molecule has 1 aromatic rings. The van der Waals surface area contributed by atoms with Gasteiger partial charge >= 0.3 is 5.97 Å². The molecule has 23 heavy (non-hydrogen) atoms. The van der Waals surface area contributed by atoms with Crippen molar-refractivity contribution in [1.29, 1.82) is 0 Å². The third-order valence-electron chi connectivity index (χ3n) is 4.39. The first-order chi connectivity index (χ1) is 11.0. The monoisotopic (exact) mass is 322 g/mol. The van der Waals surface area contributed by atoms with E-state index in [9.17, 15) is 14.4 Å². The molecule has 0 amide bonds. The fourth-order valence-electron chi connectivity index (χ4n) is 3.09. The third-order valence-corrected chi connectivity index (χ3v) is 4.39. The van der Waals surface area contributed by atoms with Crippen LogP contribution in [-0.4, -0.2) is 53.7 Å². The molecule has 3 heterocycles. The molecule has 2 N–H and O–H groups in total. The van der Waals surface area contributed by atoms with E-state index in [-0.39, 0.29) is 18.4 Å². The Morgan fingerprint density at radius 1 is 1.57 bits per heavy atom. The highest BCUT2D eigenvalue weighted by Gasteiger charge is 2.36. The van der Waals surface area contributed by atoms with Gasteiger partial charge < -0.3 is 15.6 Å². The highest BCUT2D eigenvalue weighted by atomic mass is 19.1. The van der Waals surface area contributed by atoms with Gasteiger partial charge in [0.05, 0.1) is 18.2 Å². The Balaban J connectivity index is 2.11. The molecular weight excluding hydrogens is 303 g/mol. The van der Waals surface area contributed by atoms with Gasteiger partial charge in [0.25, 0.3) is 0 Å². The predicted molar refractivity (Wildman–Crippen MR) is 83.2 cm³/mol. The number of hydrogen-bond acceptors (Lipinski definition) is 5. The van der Waals surface area contributed by atoms with E-state index in [1.807, 2.05) is 0 Å². The Kier molecular flexibility index (Phi) is 4.15. The molecule has 0 aromatic carbocycles. The number of halogens is 1. The van der Waals surface area contributed by atoms with Crippen LogP contribution in [0.25, 0.3) is 0 Å². The lowest BCUT2D eigenvalue weighted by atomic mass is 10.0. The predicted octanol–water partition coefficient (Wildman–Crippen LogP) is 1.22. The molecule has 2 aliphatic heterocycles. The smallest absolute Gasteiger partial charge is 0.357 e. The average molecular weight is 322 g/mol. The van der Waals surface area contributed by atoms with Gasteiger partial charge in [-0.1, -0.05) is 0 Å². The number of aromatic carboxylic acids is 1. The maximum absolute atomic E-state index is 14.1. The summed E-state index contributed by atoms with van der Waals surface area (Å²) in [4.78, 5) is 17.1. The number of piperazine rings is 1. The number of carbonyl (C=O) groups is 1. The van der Waals surface area contributed by atoms with Crippen LogP contribution in [0.2, 0.25) is 0 Å². The maximum atomic E-state index is 14.1. The highest BCUT2D eigenvalue weighted by molar-refractivity contribution is 5.86. The number of hydroxylamine groups is 2. The molecule has 1 saturated heterocycles. The second-order valence-electron chi connectivity index (χ2n) is 5.72. The molecule has 1 aromatic heterocycles. The van der Waals surface area contributed by atoms with E-state index < -0.39 is 22.1 Å². The molecule has 0 saturated carbocycles. The van der Waals surface area contributed by atoms with Crippen molar-refractivity contribution in [2.75, 3.05) is 32.7 Å². The van der Waals surface area contributed by atoms with E-state index in [0.29, 0.717) is 5.56 Å². The van der Waals surface area contributed by atoms with Crippen LogP contribution in [0, 0.1) is 11.0 Å². The normalized spacial score (nSPS) is 27.7. The molecule has 2 aliphatic rings. The van der Waals surface area contributed by atoms with Crippen LogP contribution in [0.3, 0.4) is 0 Å². The van der Waals surface area contributed by atoms with Gasteiger partial charge in [-0.2, -0.15) is 4.98 Å². The second kappa shape index (κ2) is 5.97. The lowest BCUT2D eigenvalue weighted by Crippen LogP contribution is -2.48. The number of aromatic nitrogens is 1. The number of carboxylic acids is 1. The summed E-state index contributed by atoms with van der Waals surface area (Å²) in [6.07, 6.45) is 3.25. The van der Waals surface area contributed by atoms with Crippen molar-refractivity contribution in [2.24, 2.45) is 0 Å². The van der Waals surface area contributed by atoms with Gasteiger partial charge in [0, 0.05) is 26.2 Å². The first-order valence-electron chi connectivity index (χ1n) is 7.63. The van der Waals surface area contributed by atoms with Gasteiger partial charge in [-0.25, -0.2) is 9.18 Å². The van der Waals surface area contributed by atoms with Crippen molar-refractivity contribution in [3.05, 3.63) is 40.6 Å². The molecule has 0 radical (unpaired) electrons. The van der Waals surface area contributed by atoms with Crippen LogP contribution in [0.5, 0.6) is 0 Å². The summed E-state index contributed by atoms with van der Waals surface area (Å²) in [6.45, 7) is 5.01. The van der Waals surface area contributed by atoms with Gasteiger partial charge in [0.2, 0.25) is 5.82 Å². The van der Waals surface area contributed by atoms with Crippen LogP contribution in [0.1, 0.15) is 29.0 Å². The minimum absolute atomic E-state index is 0.0670. The number of rotatable bonds is 3. The summed E-state index contributed by atoms with van der Waals surface area (Å²) in [5.41, 5.74) is -0.251. The first-order valence-corrected chi connectivity index (χ1v) is 7.63. The van der Waals surface area contributed by atoms with E-state index in [4.69, 9.17) is 5.11 Å². The molecule has 8 heteroatoms. The van der Waals surface area contributed by atoms with Gasteiger partial charge in [0.1, 0.15) is 6.20 Å². The molecule has 2 atom stereocenters. The first kappa shape index (κ1) is 16.0. The van der Waals surface area contributed by atoms with Crippen LogP contribution in [0.15, 0.2) is 18.3 Å². The number of fused-ring (bicyclic) bond motifs is 1. The zero-order valence-electron chi connectivity index (χ0n) is 12.8. The Morgan fingerprint density at radius 2 is 2.26 bits per heavy atom. The molecule has 0 spiro atoms. The van der Waals surface area contributed by atoms with Gasteiger partial charge in [-0.15, -0.1) is 0 Å². The van der Waals surface area contributed by atoms with Crippen LogP contribution < -0.4 is 9.96 Å².